The summed E-state index contributed by atoms with van der Waals surface area (Å²) in [4.78, 5) is 0. The Morgan fingerprint density at radius 3 is 2.53 bits per heavy atom. The highest BCUT2D eigenvalue weighted by atomic mass is 32.2. The maximum atomic E-state index is 11.5. The molecule has 4 nitrogen and oxygen atoms in total. The number of methoxy groups -OCH3 is 1. The average molecular weight is 263 g/mol. The largest absolute Gasteiger partial charge is 0.377 e. The Labute approximate surface area is 105 Å². The van der Waals surface area contributed by atoms with Crippen LogP contribution in [0.3, 0.4) is 0 Å². The van der Waals surface area contributed by atoms with Gasteiger partial charge in [-0.05, 0) is 33.1 Å². The molecule has 0 aromatic rings. The zero-order valence-electron chi connectivity index (χ0n) is 11.3. The Morgan fingerprint density at radius 1 is 1.35 bits per heavy atom. The van der Waals surface area contributed by atoms with Crippen LogP contribution in [0.2, 0.25) is 0 Å². The highest BCUT2D eigenvalue weighted by molar-refractivity contribution is 7.91. The van der Waals surface area contributed by atoms with Crippen LogP contribution in [0.25, 0.3) is 0 Å². The normalized spacial score (nSPS) is 27.1. The molecule has 17 heavy (non-hydrogen) atoms. The molecule has 0 aliphatic heterocycles. The summed E-state index contributed by atoms with van der Waals surface area (Å²) < 4.78 is 28.4. The molecule has 0 saturated heterocycles. The van der Waals surface area contributed by atoms with E-state index >= 15 is 0 Å². The van der Waals surface area contributed by atoms with E-state index in [0.717, 1.165) is 32.2 Å². The second kappa shape index (κ2) is 5.67. The summed E-state index contributed by atoms with van der Waals surface area (Å²) in [6, 6.07) is 0.304. The van der Waals surface area contributed by atoms with Gasteiger partial charge in [-0.3, -0.25) is 0 Å². The van der Waals surface area contributed by atoms with Crippen LogP contribution in [0.4, 0.5) is 0 Å². The molecule has 0 spiro atoms. The number of rotatable bonds is 5. The molecule has 1 aliphatic rings. The molecule has 1 N–H and O–H groups in total. The molecule has 1 aliphatic carbocycles. The zero-order valence-corrected chi connectivity index (χ0v) is 12.1. The summed E-state index contributed by atoms with van der Waals surface area (Å²) in [7, 11) is -1.19. The molecule has 5 heteroatoms. The summed E-state index contributed by atoms with van der Waals surface area (Å²) in [6.07, 6.45) is 4.94. The first kappa shape index (κ1) is 14.9. The van der Waals surface area contributed by atoms with Crippen LogP contribution in [0.1, 0.15) is 39.5 Å². The van der Waals surface area contributed by atoms with Crippen molar-refractivity contribution in [2.75, 3.05) is 19.9 Å². The van der Waals surface area contributed by atoms with Crippen molar-refractivity contribution < 1.29 is 13.2 Å². The van der Waals surface area contributed by atoms with Crippen molar-refractivity contribution >= 4 is 9.84 Å². The highest BCUT2D eigenvalue weighted by Crippen LogP contribution is 2.24. The monoisotopic (exact) mass is 263 g/mol. The third-order valence-corrected chi connectivity index (χ3v) is 5.24. The fraction of sp³-hybridized carbons (Fsp3) is 1.00. The van der Waals surface area contributed by atoms with Crippen LogP contribution in [-0.4, -0.2) is 45.2 Å². The first-order valence-corrected chi connectivity index (χ1v) is 8.17. The van der Waals surface area contributed by atoms with Crippen molar-refractivity contribution in [2.24, 2.45) is 0 Å². The Morgan fingerprint density at radius 2 is 2.00 bits per heavy atom. The van der Waals surface area contributed by atoms with Crippen LogP contribution in [0, 0.1) is 0 Å². The number of ether oxygens (including phenoxy) is 1. The summed E-state index contributed by atoms with van der Waals surface area (Å²) in [6.45, 7) is 4.80. The lowest BCUT2D eigenvalue weighted by atomic mass is 9.94. The van der Waals surface area contributed by atoms with Crippen molar-refractivity contribution in [2.45, 2.75) is 56.4 Å². The standard InChI is InChI=1S/C12H25NO3S/c1-12(2,16-3)9-13-10-6-5-7-11(8-10)17(4,14)15/h10-11,13H,5-9H2,1-4H3. The molecular formula is C12H25NO3S. The minimum absolute atomic E-state index is 0.167. The lowest BCUT2D eigenvalue weighted by Crippen LogP contribution is -2.45. The Balaban J connectivity index is 2.46. The van der Waals surface area contributed by atoms with Gasteiger partial charge in [-0.25, -0.2) is 8.42 Å². The van der Waals surface area contributed by atoms with Gasteiger partial charge in [0.1, 0.15) is 9.84 Å². The maximum Gasteiger partial charge on any atom is 0.150 e. The van der Waals surface area contributed by atoms with E-state index < -0.39 is 9.84 Å². The van der Waals surface area contributed by atoms with E-state index in [4.69, 9.17) is 4.74 Å². The smallest absolute Gasteiger partial charge is 0.150 e. The molecule has 1 saturated carbocycles. The quantitative estimate of drug-likeness (QED) is 0.813. The third-order valence-electron chi connectivity index (χ3n) is 3.60. The Hall–Kier alpha value is -0.130. The van der Waals surface area contributed by atoms with Crippen molar-refractivity contribution in [1.82, 2.24) is 5.32 Å². The van der Waals surface area contributed by atoms with Gasteiger partial charge in [-0.2, -0.15) is 0 Å². The third kappa shape index (κ3) is 4.94. The molecule has 2 unspecified atom stereocenters. The van der Waals surface area contributed by atoms with Crippen molar-refractivity contribution in [3.05, 3.63) is 0 Å². The van der Waals surface area contributed by atoms with E-state index in [0.29, 0.717) is 6.04 Å². The number of hydrogen-bond acceptors (Lipinski definition) is 4. The topological polar surface area (TPSA) is 55.4 Å². The summed E-state index contributed by atoms with van der Waals surface area (Å²) in [5.74, 6) is 0. The first-order valence-electron chi connectivity index (χ1n) is 6.22. The minimum atomic E-state index is -2.89. The summed E-state index contributed by atoms with van der Waals surface area (Å²) in [5, 5.41) is 3.26. The van der Waals surface area contributed by atoms with Gasteiger partial charge in [0.2, 0.25) is 0 Å². The van der Waals surface area contributed by atoms with Crippen LogP contribution in [0.15, 0.2) is 0 Å². The van der Waals surface area contributed by atoms with Crippen molar-refractivity contribution in [3.8, 4) is 0 Å². The molecule has 1 rings (SSSR count). The van der Waals surface area contributed by atoms with Gasteiger partial charge < -0.3 is 10.1 Å². The van der Waals surface area contributed by atoms with E-state index in [2.05, 4.69) is 5.32 Å². The Bertz CT molecular complexity index is 338. The van der Waals surface area contributed by atoms with Gasteiger partial charge in [0, 0.05) is 26.0 Å². The van der Waals surface area contributed by atoms with E-state index in [1.165, 1.54) is 6.26 Å². The number of nitrogens with one attached hydrogen (secondary N) is 1. The molecule has 0 heterocycles. The molecule has 0 bridgehead atoms. The molecule has 0 radical (unpaired) electrons. The molecule has 2 atom stereocenters. The van der Waals surface area contributed by atoms with E-state index in [9.17, 15) is 8.42 Å². The predicted octanol–water partition coefficient (Wildman–Crippen LogP) is 1.36. The fourth-order valence-electron chi connectivity index (χ4n) is 2.18. The first-order chi connectivity index (χ1) is 7.74. The van der Waals surface area contributed by atoms with Crippen molar-refractivity contribution in [3.63, 3.8) is 0 Å². The molecule has 0 aromatic carbocycles. The fourth-order valence-corrected chi connectivity index (χ4v) is 3.36. The SMILES string of the molecule is COC(C)(C)CNC1CCCC(S(C)(=O)=O)C1. The van der Waals surface area contributed by atoms with Gasteiger partial charge in [0.25, 0.3) is 0 Å². The maximum absolute atomic E-state index is 11.5. The van der Waals surface area contributed by atoms with Gasteiger partial charge in [0.05, 0.1) is 10.9 Å². The summed E-state index contributed by atoms with van der Waals surface area (Å²) >= 11 is 0. The molecular weight excluding hydrogens is 238 g/mol. The number of sulfone groups is 1. The highest BCUT2D eigenvalue weighted by Gasteiger charge is 2.29. The van der Waals surface area contributed by atoms with Gasteiger partial charge in [-0.15, -0.1) is 0 Å². The lowest BCUT2D eigenvalue weighted by molar-refractivity contribution is 0.0201. The molecule has 0 aromatic heterocycles. The molecule has 102 valence electrons. The van der Waals surface area contributed by atoms with Crippen LogP contribution < -0.4 is 5.32 Å². The predicted molar refractivity (Wildman–Crippen MR) is 70.0 cm³/mol. The van der Waals surface area contributed by atoms with Crippen LogP contribution in [0.5, 0.6) is 0 Å². The van der Waals surface area contributed by atoms with Gasteiger partial charge in [-0.1, -0.05) is 6.42 Å². The summed E-state index contributed by atoms with van der Waals surface area (Å²) in [5.41, 5.74) is -0.196. The van der Waals surface area contributed by atoms with E-state index in [-0.39, 0.29) is 10.9 Å². The van der Waals surface area contributed by atoms with E-state index in [1.807, 2.05) is 13.8 Å². The van der Waals surface area contributed by atoms with Gasteiger partial charge >= 0.3 is 0 Å². The average Bonchev–Trinajstić information content (AvgIpc) is 2.26. The number of hydrogen-bond donors (Lipinski definition) is 1. The Kier molecular flexibility index (Phi) is 4.98. The zero-order chi connectivity index (χ0) is 13.1. The van der Waals surface area contributed by atoms with Gasteiger partial charge in [0.15, 0.2) is 0 Å². The van der Waals surface area contributed by atoms with Crippen LogP contribution in [-0.2, 0) is 14.6 Å². The molecule has 0 amide bonds. The molecule has 1 fully saturated rings. The minimum Gasteiger partial charge on any atom is -0.377 e. The second-order valence-electron chi connectivity index (χ2n) is 5.66. The second-order valence-corrected chi connectivity index (χ2v) is 7.99. The van der Waals surface area contributed by atoms with Crippen LogP contribution >= 0.6 is 0 Å². The lowest BCUT2D eigenvalue weighted by Gasteiger charge is -2.32. The van der Waals surface area contributed by atoms with Crippen molar-refractivity contribution in [1.29, 1.82) is 0 Å². The van der Waals surface area contributed by atoms with E-state index in [1.54, 1.807) is 7.11 Å².